The second-order valence-electron chi connectivity index (χ2n) is 11.8. The maximum atomic E-state index is 15.8. The molecule has 45 heavy (non-hydrogen) atoms. The number of Topliss-reactive ketones (excluding diaryl/α,β-unsaturated/α-hetero) is 1. The summed E-state index contributed by atoms with van der Waals surface area (Å²) < 4.78 is 5.47. The molecule has 3 aliphatic rings. The molecule has 1 heterocycles. The molecule has 5 aromatic rings. The molecule has 218 valence electrons. The summed E-state index contributed by atoms with van der Waals surface area (Å²) in [5.74, 6) is -2.29. The van der Waals surface area contributed by atoms with Crippen LogP contribution < -0.4 is 9.64 Å². The predicted octanol–water partition coefficient (Wildman–Crippen LogP) is 6.88. The molecular formula is C40H29NO4. The van der Waals surface area contributed by atoms with Gasteiger partial charge in [-0.2, -0.15) is 0 Å². The van der Waals surface area contributed by atoms with E-state index in [4.69, 9.17) is 4.74 Å². The normalized spacial score (nSPS) is 25.2. The van der Waals surface area contributed by atoms with Crippen LogP contribution in [0.1, 0.15) is 22.3 Å². The van der Waals surface area contributed by atoms with E-state index >= 15 is 4.79 Å². The Kier molecular flexibility index (Phi) is 6.00. The van der Waals surface area contributed by atoms with Crippen molar-refractivity contribution in [2.24, 2.45) is 11.8 Å². The van der Waals surface area contributed by atoms with Gasteiger partial charge in [-0.3, -0.25) is 14.4 Å². The molecule has 8 rings (SSSR count). The van der Waals surface area contributed by atoms with E-state index in [1.54, 1.807) is 31.4 Å². The molecule has 1 aliphatic heterocycles. The topological polar surface area (TPSA) is 63.7 Å². The predicted molar refractivity (Wildman–Crippen MR) is 173 cm³/mol. The van der Waals surface area contributed by atoms with E-state index in [9.17, 15) is 9.59 Å². The van der Waals surface area contributed by atoms with Gasteiger partial charge in [-0.1, -0.05) is 127 Å². The minimum Gasteiger partial charge on any atom is -0.497 e. The van der Waals surface area contributed by atoms with Crippen LogP contribution in [0.2, 0.25) is 0 Å². The average Bonchev–Trinajstić information content (AvgIpc) is 3.62. The van der Waals surface area contributed by atoms with Gasteiger partial charge in [0.2, 0.25) is 11.8 Å². The lowest BCUT2D eigenvalue weighted by Gasteiger charge is -2.39. The van der Waals surface area contributed by atoms with Crippen molar-refractivity contribution >= 4 is 34.4 Å². The fourth-order valence-corrected chi connectivity index (χ4v) is 8.34. The first-order valence-corrected chi connectivity index (χ1v) is 15.1. The fraction of sp³-hybridized carbons (Fsp3) is 0.125. The van der Waals surface area contributed by atoms with Crippen molar-refractivity contribution in [3.05, 3.63) is 168 Å². The van der Waals surface area contributed by atoms with Crippen molar-refractivity contribution in [1.29, 1.82) is 0 Å². The number of hydrogen-bond acceptors (Lipinski definition) is 4. The summed E-state index contributed by atoms with van der Waals surface area (Å²) in [6.07, 6.45) is 0. The van der Waals surface area contributed by atoms with E-state index in [-0.39, 0.29) is 17.6 Å². The molecule has 0 aromatic heterocycles. The third-order valence-electron chi connectivity index (χ3n) is 9.89. The first-order valence-electron chi connectivity index (χ1n) is 15.1. The van der Waals surface area contributed by atoms with Gasteiger partial charge in [-0.05, 0) is 45.5 Å². The lowest BCUT2D eigenvalue weighted by atomic mass is 9.59. The Labute approximate surface area is 261 Å². The lowest BCUT2D eigenvalue weighted by molar-refractivity contribution is -0.130. The van der Waals surface area contributed by atoms with Crippen LogP contribution in [0.15, 0.2) is 146 Å². The van der Waals surface area contributed by atoms with Crippen LogP contribution in [-0.2, 0) is 25.2 Å². The molecule has 2 fully saturated rings. The Balaban J connectivity index is 1.54. The van der Waals surface area contributed by atoms with Crippen molar-refractivity contribution in [2.45, 2.75) is 10.8 Å². The van der Waals surface area contributed by atoms with Crippen LogP contribution in [0, 0.1) is 11.8 Å². The van der Waals surface area contributed by atoms with Crippen LogP contribution in [0.3, 0.4) is 0 Å². The van der Waals surface area contributed by atoms with E-state index in [2.05, 4.69) is 0 Å². The zero-order valence-electron chi connectivity index (χ0n) is 24.6. The third-order valence-corrected chi connectivity index (χ3v) is 9.89. The number of carbonyl (C=O) groups excluding carboxylic acids is 3. The summed E-state index contributed by atoms with van der Waals surface area (Å²) in [4.78, 5) is 47.1. The molecule has 2 bridgehead atoms. The monoisotopic (exact) mass is 587 g/mol. The molecule has 0 N–H and O–H groups in total. The number of methoxy groups -OCH3 is 1. The van der Waals surface area contributed by atoms with E-state index in [0.717, 1.165) is 22.3 Å². The highest BCUT2D eigenvalue weighted by molar-refractivity contribution is 6.39. The van der Waals surface area contributed by atoms with Crippen molar-refractivity contribution in [2.75, 3.05) is 12.0 Å². The van der Waals surface area contributed by atoms with E-state index in [1.165, 1.54) is 4.90 Å². The molecule has 0 radical (unpaired) electrons. The number of benzene rings is 5. The number of rotatable bonds is 6. The van der Waals surface area contributed by atoms with Crippen LogP contribution in [0.4, 0.5) is 5.69 Å². The molecule has 1 saturated heterocycles. The largest absolute Gasteiger partial charge is 0.497 e. The van der Waals surface area contributed by atoms with Gasteiger partial charge in [-0.15, -0.1) is 0 Å². The van der Waals surface area contributed by atoms with Crippen molar-refractivity contribution in [1.82, 2.24) is 0 Å². The first-order chi connectivity index (χ1) is 22.1. The Morgan fingerprint density at radius 2 is 0.956 bits per heavy atom. The second-order valence-corrected chi connectivity index (χ2v) is 11.8. The molecule has 2 amide bonds. The Morgan fingerprint density at radius 1 is 0.533 bits per heavy atom. The van der Waals surface area contributed by atoms with Crippen molar-refractivity contribution in [3.63, 3.8) is 0 Å². The molecular weight excluding hydrogens is 558 g/mol. The fourth-order valence-electron chi connectivity index (χ4n) is 8.34. The molecule has 4 atom stereocenters. The molecule has 0 unspecified atom stereocenters. The van der Waals surface area contributed by atoms with Gasteiger partial charge in [0.1, 0.15) is 5.75 Å². The molecule has 1 saturated carbocycles. The molecule has 5 heteroatoms. The van der Waals surface area contributed by atoms with Crippen LogP contribution in [-0.4, -0.2) is 24.7 Å². The number of nitrogens with zero attached hydrogens (tertiary/aromatic N) is 1. The van der Waals surface area contributed by atoms with Gasteiger partial charge in [0, 0.05) is 6.07 Å². The minimum atomic E-state index is -1.42. The number of hydrogen-bond donors (Lipinski definition) is 0. The summed E-state index contributed by atoms with van der Waals surface area (Å²) in [5.41, 5.74) is 2.27. The number of fused-ring (bicyclic) bond motifs is 5. The molecule has 0 spiro atoms. The number of ketones is 1. The number of amides is 2. The van der Waals surface area contributed by atoms with Gasteiger partial charge in [0.05, 0.1) is 35.5 Å². The molecule has 5 aromatic carbocycles. The van der Waals surface area contributed by atoms with Crippen LogP contribution in [0.25, 0.3) is 11.1 Å². The summed E-state index contributed by atoms with van der Waals surface area (Å²) in [5, 5.41) is 0. The summed E-state index contributed by atoms with van der Waals surface area (Å²) >= 11 is 0. The quantitative estimate of drug-likeness (QED) is 0.203. The average molecular weight is 588 g/mol. The van der Waals surface area contributed by atoms with Gasteiger partial charge >= 0.3 is 0 Å². The third kappa shape index (κ3) is 3.41. The Morgan fingerprint density at radius 3 is 1.38 bits per heavy atom. The number of anilines is 1. The zero-order chi connectivity index (χ0) is 30.8. The number of allylic oxidation sites excluding steroid dienone is 2. The highest BCUT2D eigenvalue weighted by atomic mass is 16.5. The highest BCUT2D eigenvalue weighted by Gasteiger charge is 2.82. The standard InChI is InChI=1S/C40H29NO4/c1-45-31-24-14-23-30(25-31)41-36(42)34-35(37(41)43)40(29-21-12-5-13-22-29)33(27-17-8-3-9-18-27)32(26-15-6-2-7-16-26)39(34,38(40)44)28-19-10-4-11-20-28/h2-25,34-35H,1H3/t34-,35-,39+,40+/m1/s1. The van der Waals surface area contributed by atoms with E-state index in [1.807, 2.05) is 121 Å². The summed E-state index contributed by atoms with van der Waals surface area (Å²) in [6.45, 7) is 0. The zero-order valence-corrected chi connectivity index (χ0v) is 24.6. The number of carbonyl (C=O) groups is 3. The summed E-state index contributed by atoms with van der Waals surface area (Å²) in [6, 6.07) is 45.9. The van der Waals surface area contributed by atoms with Crippen molar-refractivity contribution < 1.29 is 19.1 Å². The SMILES string of the molecule is COc1cccc(N2C(=O)[C@H]3[C@H](C2=O)[C@@]2(c4ccccc4)C(=O)[C@@]3(c3ccccc3)C(c3ccccc3)=C2c2ccccc2)c1. The van der Waals surface area contributed by atoms with Gasteiger partial charge in [0.15, 0.2) is 5.78 Å². The van der Waals surface area contributed by atoms with Crippen LogP contribution >= 0.6 is 0 Å². The highest BCUT2D eigenvalue weighted by Crippen LogP contribution is 2.74. The smallest absolute Gasteiger partial charge is 0.239 e. The van der Waals surface area contributed by atoms with Crippen LogP contribution in [0.5, 0.6) is 5.75 Å². The minimum absolute atomic E-state index is 0.132. The number of imide groups is 1. The Bertz CT molecular complexity index is 1880. The maximum Gasteiger partial charge on any atom is 0.239 e. The molecule has 2 aliphatic carbocycles. The van der Waals surface area contributed by atoms with Crippen molar-refractivity contribution in [3.8, 4) is 5.75 Å². The second kappa shape index (κ2) is 10.00. The van der Waals surface area contributed by atoms with E-state index in [0.29, 0.717) is 22.6 Å². The maximum absolute atomic E-state index is 15.8. The van der Waals surface area contributed by atoms with Gasteiger partial charge in [0.25, 0.3) is 0 Å². The Hall–Kier alpha value is -5.55. The van der Waals surface area contributed by atoms with Gasteiger partial charge < -0.3 is 4.74 Å². The number of ether oxygens (including phenoxy) is 1. The van der Waals surface area contributed by atoms with Gasteiger partial charge in [-0.25, -0.2) is 4.90 Å². The lowest BCUT2D eigenvalue weighted by Crippen LogP contribution is -2.45. The molecule has 5 nitrogen and oxygen atoms in total. The summed E-state index contributed by atoms with van der Waals surface area (Å²) in [7, 11) is 1.55. The first kappa shape index (κ1) is 27.0. The van der Waals surface area contributed by atoms with E-state index < -0.39 is 22.7 Å².